The summed E-state index contributed by atoms with van der Waals surface area (Å²) in [6, 6.07) is 60.0. The number of para-hydroxylation sites is 5. The van der Waals surface area contributed by atoms with Crippen molar-refractivity contribution in [1.82, 2.24) is 123 Å². The van der Waals surface area contributed by atoms with Crippen LogP contribution in [0.5, 0.6) is 23.0 Å². The van der Waals surface area contributed by atoms with Crippen LogP contribution in [0.3, 0.4) is 0 Å². The minimum absolute atomic E-state index is 0.121. The number of halogens is 3. The van der Waals surface area contributed by atoms with E-state index < -0.39 is 5.82 Å². The molecule has 0 amide bonds. The highest BCUT2D eigenvalue weighted by molar-refractivity contribution is 7.14. The average Bonchev–Trinajstić information content (AvgIpc) is 1.57. The van der Waals surface area contributed by atoms with E-state index >= 15 is 0 Å². The number of anilines is 19. The number of nitrogens with two attached hydrogens (primary N) is 5. The van der Waals surface area contributed by atoms with Gasteiger partial charge in [0.05, 0.1) is 40.2 Å². The number of aromatic nitrogens is 23. The first-order valence-corrected chi connectivity index (χ1v) is 42.6. The van der Waals surface area contributed by atoms with Crippen LogP contribution in [0.1, 0.15) is 35.4 Å². The summed E-state index contributed by atoms with van der Waals surface area (Å²) in [4.78, 5) is 60.0. The molecule has 0 fully saturated rings. The van der Waals surface area contributed by atoms with Crippen molar-refractivity contribution in [3.05, 3.63) is 263 Å². The van der Waals surface area contributed by atoms with Crippen LogP contribution in [0.25, 0.3) is 28.4 Å². The minimum atomic E-state index is -0.406. The van der Waals surface area contributed by atoms with E-state index in [1.165, 1.54) is 72.4 Å². The molecular weight excluding hydrogens is 1770 g/mol. The molecule has 0 saturated heterocycles. The Labute approximate surface area is 782 Å². The predicted molar refractivity (Wildman–Crippen MR) is 519 cm³/mol. The van der Waals surface area contributed by atoms with Gasteiger partial charge in [0, 0.05) is 90.5 Å². The van der Waals surface area contributed by atoms with Crippen LogP contribution in [-0.4, -0.2) is 191 Å². The zero-order chi connectivity index (χ0) is 94.7. The maximum absolute atomic E-state index is 13.7. The number of benzene rings is 7. The summed E-state index contributed by atoms with van der Waals surface area (Å²) in [7, 11) is 9.62. The molecule has 10 aromatic heterocycles. The Morgan fingerprint density at radius 3 is 1.42 bits per heavy atom. The molecule has 134 heavy (non-hydrogen) atoms. The second-order valence-corrected chi connectivity index (χ2v) is 31.6. The fourth-order valence-corrected chi connectivity index (χ4v) is 13.3. The Bertz CT molecular complexity index is 6740. The second-order valence-electron chi connectivity index (χ2n) is 29.6. The summed E-state index contributed by atoms with van der Waals surface area (Å²) >= 11 is 13.9. The number of nitrogens with one attached hydrogen (secondary N) is 8. The number of nitrogens with zero attached hydrogens (tertiary/aromatic N) is 26. The lowest BCUT2D eigenvalue weighted by Crippen LogP contribution is -2.21. The third kappa shape index (κ3) is 26.8. The van der Waals surface area contributed by atoms with Crippen LogP contribution < -0.4 is 85.4 Å². The van der Waals surface area contributed by atoms with Gasteiger partial charge >= 0.3 is 0 Å². The van der Waals surface area contributed by atoms with Crippen LogP contribution in [0.15, 0.2) is 225 Å². The molecule has 0 saturated carbocycles. The molecule has 0 spiro atoms. The average molecular weight is 1870 g/mol. The van der Waals surface area contributed by atoms with E-state index in [9.17, 15) is 4.39 Å². The summed E-state index contributed by atoms with van der Waals surface area (Å²) in [6.07, 6.45) is 7.67. The topological polar surface area (TPSA) is 541 Å². The minimum Gasteiger partial charge on any atom is -0.495 e. The molecule has 686 valence electrons. The van der Waals surface area contributed by atoms with Gasteiger partial charge in [0.2, 0.25) is 64.6 Å². The molecule has 7 aromatic carbocycles. The quantitative estimate of drug-likeness (QED) is 0.0199. The lowest BCUT2D eigenvalue weighted by atomic mass is 10.1. The molecule has 42 nitrogen and oxygen atoms in total. The van der Waals surface area contributed by atoms with E-state index in [0.717, 1.165) is 59.6 Å². The van der Waals surface area contributed by atoms with Crippen LogP contribution in [0, 0.1) is 37.9 Å². The number of pyridine rings is 1. The standard InChI is InChI=1S/C24H18Cl2N8O.C17H23N9O.C17H17N7O.C16H20FN9.C14H16N6S/c25-18-10-5-11-19(26)22(18)35-17-9-4-8-16(12-17)31-24-32-23(27)34(33-24)21-13-20(28-14-29-21)30-15-6-2-1-3-7-15;1-25(2)9-8-19-14-10-15(21-11-20-14)26-16(18)23-17(24-26)22-12-6-4-5-7-13(12)27-3;1-11(2)25-14-6-4-13(5-7-14)21-17-22-16(19)24(23-17)15-8-3-12(9-18)10-20-15;1-25(2)8-7-19-13-9-14(21-10-20-13)26-15(18)23-16(24-26)22-12-6-4-3-5-11(12)17;1-8-4-9(2)6-11(5-8)17-13-18-12(15)20(19-13)14-16-7-10(3)21-14/h1-14H,(H,28,29,30)(H3,27,31,32,33);4-7,10-11H,8-9H2,1-3H3,(H,19,20,21)(H3,18,22,23,24);3-8,10-11H,1-2H3,(H3,19,21,22,23);3-6,9-10H,7-8H2,1-2H3,(H,19,20,21)(H3,18,22,23,24);4-7H,1-3H3,(H3,15,17,18,19). The number of nitriles is 1. The number of hydrogen-bond donors (Lipinski definition) is 13. The molecule has 0 radical (unpaired) electrons. The van der Waals surface area contributed by atoms with Gasteiger partial charge in [-0.1, -0.05) is 83.9 Å². The SMILES string of the molecule is CC(C)Oc1ccc(Nc2nc(N)n(-c3ccc(C#N)cn3)n2)cc1.CN(C)CCNc1cc(-n2nc(Nc3ccccc3F)nc2N)ncn1.COc1ccccc1Nc1nc(N)n(-c2cc(NCCN(C)C)ncn2)n1.Cc1cc(C)cc(Nc2nc(N)n(-c3ncc(C)s3)n2)c1.Nc1nc(Nc2cccc(Oc3c(Cl)cccc3Cl)c2)nn1-c1cc(Nc2ccccc2)ncn1. The summed E-state index contributed by atoms with van der Waals surface area (Å²) < 4.78 is 37.7. The van der Waals surface area contributed by atoms with Crippen molar-refractivity contribution in [3.8, 4) is 57.5 Å². The Hall–Kier alpha value is -17.0. The molecule has 10 heterocycles. The molecule has 17 rings (SSSR count). The van der Waals surface area contributed by atoms with Gasteiger partial charge in [-0.3, -0.25) is 0 Å². The van der Waals surface area contributed by atoms with Crippen molar-refractivity contribution >= 4 is 146 Å². The van der Waals surface area contributed by atoms with Crippen molar-refractivity contribution in [2.75, 3.05) is 133 Å². The number of methoxy groups -OCH3 is 1. The maximum atomic E-state index is 13.7. The highest BCUT2D eigenvalue weighted by atomic mass is 35.5. The fraction of sp³-hybridized carbons (Fsp3) is 0.170. The van der Waals surface area contributed by atoms with Crippen molar-refractivity contribution in [2.45, 2.75) is 40.7 Å². The first kappa shape index (κ1) is 94.6. The normalized spacial score (nSPS) is 10.7. The lowest BCUT2D eigenvalue weighted by molar-refractivity contribution is 0.242. The molecule has 46 heteroatoms. The van der Waals surface area contributed by atoms with Crippen molar-refractivity contribution < 1.29 is 18.6 Å². The Balaban J connectivity index is 0.000000143. The first-order chi connectivity index (χ1) is 64.7. The maximum Gasteiger partial charge on any atom is 0.249 e. The van der Waals surface area contributed by atoms with E-state index in [2.05, 4.69) is 163 Å². The summed E-state index contributed by atoms with van der Waals surface area (Å²) in [5, 5.41) is 57.0. The van der Waals surface area contributed by atoms with Gasteiger partial charge in [0.15, 0.2) is 29.0 Å². The third-order valence-electron chi connectivity index (χ3n) is 18.1. The molecular formula is C88H94Cl2FN39O3S. The number of nitrogen functional groups attached to an aromatic ring is 5. The monoisotopic (exact) mass is 1870 g/mol. The zero-order valence-corrected chi connectivity index (χ0v) is 76.4. The number of likely N-dealkylation sites (N-methyl/N-ethyl adjacent to an activating group) is 2. The van der Waals surface area contributed by atoms with Crippen LogP contribution in [0.2, 0.25) is 10.0 Å². The molecule has 0 bridgehead atoms. The molecule has 0 atom stereocenters. The largest absolute Gasteiger partial charge is 0.495 e. The van der Waals surface area contributed by atoms with Crippen molar-refractivity contribution in [3.63, 3.8) is 0 Å². The highest BCUT2D eigenvalue weighted by Crippen LogP contribution is 2.38. The molecule has 18 N–H and O–H groups in total. The van der Waals surface area contributed by atoms with Crippen molar-refractivity contribution in [2.24, 2.45) is 0 Å². The Morgan fingerprint density at radius 2 is 0.903 bits per heavy atom. The molecule has 0 aliphatic carbocycles. The number of rotatable bonds is 30. The number of aryl methyl sites for hydroxylation is 3. The summed E-state index contributed by atoms with van der Waals surface area (Å²) in [5.41, 5.74) is 37.0. The smallest absolute Gasteiger partial charge is 0.249 e. The van der Waals surface area contributed by atoms with Gasteiger partial charge < -0.3 is 95.2 Å². The molecule has 0 aliphatic heterocycles. The van der Waals surface area contributed by atoms with E-state index in [-0.39, 0.29) is 47.5 Å². The van der Waals surface area contributed by atoms with Crippen LogP contribution >= 0.6 is 34.5 Å². The predicted octanol–water partition coefficient (Wildman–Crippen LogP) is 14.7. The molecule has 0 aliphatic rings. The van der Waals surface area contributed by atoms with Gasteiger partial charge in [0.25, 0.3) is 0 Å². The molecule has 0 unspecified atom stereocenters. The van der Waals surface area contributed by atoms with Gasteiger partial charge in [0.1, 0.15) is 65.6 Å². The second kappa shape index (κ2) is 45.3. The summed E-state index contributed by atoms with van der Waals surface area (Å²) in [6.45, 7) is 13.3. The Kier molecular flexibility index (Phi) is 32.0. The van der Waals surface area contributed by atoms with Crippen molar-refractivity contribution in [1.29, 1.82) is 5.26 Å². The third-order valence-corrected chi connectivity index (χ3v) is 19.6. The van der Waals surface area contributed by atoms with Gasteiger partial charge in [-0.2, -0.15) is 53.6 Å². The highest BCUT2D eigenvalue weighted by Gasteiger charge is 2.20. The van der Waals surface area contributed by atoms with Gasteiger partial charge in [-0.25, -0.2) is 44.3 Å². The van der Waals surface area contributed by atoms with Crippen LogP contribution in [0.4, 0.5) is 115 Å². The Morgan fingerprint density at radius 1 is 0.440 bits per heavy atom. The van der Waals surface area contributed by atoms with Gasteiger partial charge in [-0.05, 0) is 183 Å². The van der Waals surface area contributed by atoms with E-state index in [1.54, 1.807) is 96.9 Å². The molecule has 17 aromatic rings. The van der Waals surface area contributed by atoms with Gasteiger partial charge in [-0.15, -0.1) is 36.8 Å². The fourth-order valence-electron chi connectivity index (χ4n) is 12.1. The van der Waals surface area contributed by atoms with Crippen LogP contribution in [-0.2, 0) is 0 Å². The first-order valence-electron chi connectivity index (χ1n) is 41.0. The van der Waals surface area contributed by atoms with E-state index in [0.29, 0.717) is 108 Å². The lowest BCUT2D eigenvalue weighted by Gasteiger charge is -2.11. The van der Waals surface area contributed by atoms with E-state index in [4.69, 9.17) is 71.3 Å². The number of ether oxygens (including phenoxy) is 3. The summed E-state index contributed by atoms with van der Waals surface area (Å²) in [5.74, 6) is 8.46. The number of thiazole rings is 1. The zero-order valence-electron chi connectivity index (χ0n) is 74.0. The van der Waals surface area contributed by atoms with E-state index in [1.807, 2.05) is 158 Å². The number of hydrogen-bond acceptors (Lipinski definition) is 38.